The summed E-state index contributed by atoms with van der Waals surface area (Å²) in [7, 11) is 0. The van der Waals surface area contributed by atoms with Gasteiger partial charge in [-0.15, -0.1) is 0 Å². The Balaban J connectivity index is 0.000000142. The number of carbonyl (C=O) groups excluding carboxylic acids is 4. The molecule has 1 heterocycles. The molecule has 9 rings (SSSR count). The average Bonchev–Trinajstić information content (AvgIpc) is 3.37. The molecule has 3 atom stereocenters. The van der Waals surface area contributed by atoms with Crippen LogP contribution in [0.15, 0.2) is 36.5 Å². The molecule has 8 aliphatic carbocycles. The van der Waals surface area contributed by atoms with Crippen LogP contribution in [0.2, 0.25) is 0 Å². The number of ether oxygens (including phenoxy) is 4. The molecule has 260 valence electrons. The molecule has 47 heavy (non-hydrogen) atoms. The molecule has 9 nitrogen and oxygen atoms in total. The largest absolute Gasteiger partial charge is 0.462 e. The van der Waals surface area contributed by atoms with Gasteiger partial charge in [-0.05, 0) is 127 Å². The Morgan fingerprint density at radius 1 is 0.766 bits per heavy atom. The van der Waals surface area contributed by atoms with Crippen molar-refractivity contribution in [3.05, 3.63) is 36.5 Å². The number of rotatable bonds is 7. The van der Waals surface area contributed by atoms with E-state index in [-0.39, 0.29) is 36.5 Å². The van der Waals surface area contributed by atoms with E-state index in [4.69, 9.17) is 14.2 Å². The second kappa shape index (κ2) is 13.5. The first-order valence-electron chi connectivity index (χ1n) is 17.6. The molecule has 3 unspecified atom stereocenters. The van der Waals surface area contributed by atoms with E-state index in [1.54, 1.807) is 20.8 Å². The van der Waals surface area contributed by atoms with E-state index >= 15 is 0 Å². The zero-order chi connectivity index (χ0) is 34.3. The molecule has 0 aromatic heterocycles. The maximum atomic E-state index is 12.0. The highest BCUT2D eigenvalue weighted by Gasteiger charge is 2.60. The molecule has 0 radical (unpaired) electrons. The van der Waals surface area contributed by atoms with Gasteiger partial charge in [0, 0.05) is 23.1 Å². The van der Waals surface area contributed by atoms with Gasteiger partial charge in [0.1, 0.15) is 23.9 Å². The summed E-state index contributed by atoms with van der Waals surface area (Å²) in [5.41, 5.74) is 0.191. The van der Waals surface area contributed by atoms with Crippen LogP contribution in [0.1, 0.15) is 111 Å². The molecule has 1 aliphatic heterocycles. The van der Waals surface area contributed by atoms with Gasteiger partial charge in [-0.25, -0.2) is 14.4 Å². The lowest BCUT2D eigenvalue weighted by Crippen LogP contribution is -2.60. The number of cyclic esters (lactones) is 1. The summed E-state index contributed by atoms with van der Waals surface area (Å²) >= 11 is 0. The molecule has 0 spiro atoms. The fourth-order valence-corrected chi connectivity index (χ4v) is 10.4. The highest BCUT2D eigenvalue weighted by molar-refractivity contribution is 5.88. The van der Waals surface area contributed by atoms with Crippen molar-refractivity contribution < 1.29 is 43.2 Å². The first-order chi connectivity index (χ1) is 22.0. The minimum atomic E-state index is -0.570. The summed E-state index contributed by atoms with van der Waals surface area (Å²) in [6.07, 6.45) is 12.8. The first-order valence-corrected chi connectivity index (χ1v) is 17.6. The van der Waals surface area contributed by atoms with Crippen molar-refractivity contribution in [1.29, 1.82) is 0 Å². The molecule has 8 bridgehead atoms. The highest BCUT2D eigenvalue weighted by atomic mass is 16.6. The van der Waals surface area contributed by atoms with Crippen LogP contribution < -0.4 is 0 Å². The van der Waals surface area contributed by atoms with Crippen LogP contribution in [0.25, 0.3) is 0 Å². The minimum Gasteiger partial charge on any atom is -0.462 e. The van der Waals surface area contributed by atoms with Crippen LogP contribution in [-0.4, -0.2) is 58.5 Å². The number of hydrogen-bond donors (Lipinski definition) is 1. The van der Waals surface area contributed by atoms with Crippen LogP contribution in [0, 0.1) is 35.5 Å². The minimum absolute atomic E-state index is 0.152. The van der Waals surface area contributed by atoms with Crippen LogP contribution in [-0.2, 0) is 38.1 Å². The van der Waals surface area contributed by atoms with Gasteiger partial charge in [-0.1, -0.05) is 26.7 Å². The van der Waals surface area contributed by atoms with Gasteiger partial charge in [0.15, 0.2) is 0 Å². The van der Waals surface area contributed by atoms with Crippen molar-refractivity contribution >= 4 is 23.9 Å². The van der Waals surface area contributed by atoms with E-state index in [0.29, 0.717) is 46.8 Å². The molecule has 0 aromatic rings. The number of carbonyl (C=O) groups is 4. The van der Waals surface area contributed by atoms with Crippen molar-refractivity contribution in [2.45, 2.75) is 134 Å². The molecule has 1 saturated heterocycles. The normalized spacial score (nSPS) is 39.8. The van der Waals surface area contributed by atoms with Gasteiger partial charge in [-0.3, -0.25) is 4.79 Å². The summed E-state index contributed by atoms with van der Waals surface area (Å²) in [5.74, 6) is 2.86. The number of esters is 4. The summed E-state index contributed by atoms with van der Waals surface area (Å²) in [5, 5.41) is 10.5. The molecule has 0 aromatic carbocycles. The lowest BCUT2D eigenvalue weighted by Gasteiger charge is -2.60. The maximum Gasteiger partial charge on any atom is 0.333 e. The Labute approximate surface area is 279 Å². The van der Waals surface area contributed by atoms with Crippen LogP contribution >= 0.6 is 0 Å². The molecular formula is C38H54O9. The fourth-order valence-electron chi connectivity index (χ4n) is 10.4. The molecular weight excluding hydrogens is 600 g/mol. The second-order valence-corrected chi connectivity index (χ2v) is 16.0. The Hall–Kier alpha value is -2.94. The Morgan fingerprint density at radius 3 is 1.68 bits per heavy atom. The smallest absolute Gasteiger partial charge is 0.333 e. The monoisotopic (exact) mass is 654 g/mol. The highest BCUT2D eigenvalue weighted by Crippen LogP contribution is 2.61. The Morgan fingerprint density at radius 2 is 1.26 bits per heavy atom. The number of hydrogen-bond acceptors (Lipinski definition) is 9. The van der Waals surface area contributed by atoms with Gasteiger partial charge in [0.2, 0.25) is 0 Å². The maximum absolute atomic E-state index is 12.0. The SMILES string of the molecule is C=C(C)C(=O)OC1(CC)C2CC3CC(C2)CC1C3.C=C(C)C(=O)OC12CC3CC(CC(O)(C3)C1)C2.C=C(C)C(=O)OC1COC(=O)C1. The second-order valence-electron chi connectivity index (χ2n) is 16.0. The van der Waals surface area contributed by atoms with Gasteiger partial charge in [-0.2, -0.15) is 0 Å². The first kappa shape index (κ1) is 35.4. The average molecular weight is 655 g/mol. The van der Waals surface area contributed by atoms with E-state index in [1.165, 1.54) is 38.5 Å². The van der Waals surface area contributed by atoms with Gasteiger partial charge < -0.3 is 24.1 Å². The van der Waals surface area contributed by atoms with E-state index in [9.17, 15) is 24.3 Å². The summed E-state index contributed by atoms with van der Waals surface area (Å²) in [4.78, 5) is 45.2. The molecule has 1 N–H and O–H groups in total. The summed E-state index contributed by atoms with van der Waals surface area (Å²) < 4.78 is 21.1. The zero-order valence-electron chi connectivity index (χ0n) is 28.8. The third-order valence-corrected chi connectivity index (χ3v) is 11.8. The molecule has 9 fully saturated rings. The van der Waals surface area contributed by atoms with Crippen LogP contribution in [0.5, 0.6) is 0 Å². The molecule has 0 amide bonds. The van der Waals surface area contributed by atoms with Crippen LogP contribution in [0.3, 0.4) is 0 Å². The predicted octanol–water partition coefficient (Wildman–Crippen LogP) is 6.32. The van der Waals surface area contributed by atoms with Crippen molar-refractivity contribution in [3.8, 4) is 0 Å². The molecule has 9 aliphatic rings. The van der Waals surface area contributed by atoms with E-state index < -0.39 is 23.3 Å². The quantitative estimate of drug-likeness (QED) is 0.191. The lowest BCUT2D eigenvalue weighted by molar-refractivity contribution is -0.217. The van der Waals surface area contributed by atoms with E-state index in [2.05, 4.69) is 31.4 Å². The van der Waals surface area contributed by atoms with Crippen LogP contribution in [0.4, 0.5) is 0 Å². The van der Waals surface area contributed by atoms with Crippen molar-refractivity contribution in [2.24, 2.45) is 35.5 Å². The van der Waals surface area contributed by atoms with Crippen molar-refractivity contribution in [3.63, 3.8) is 0 Å². The van der Waals surface area contributed by atoms with Crippen molar-refractivity contribution in [2.75, 3.05) is 6.61 Å². The summed E-state index contributed by atoms with van der Waals surface area (Å²) in [6, 6.07) is 0. The lowest BCUT2D eigenvalue weighted by atomic mass is 9.49. The summed E-state index contributed by atoms with van der Waals surface area (Å²) in [6.45, 7) is 18.1. The third kappa shape index (κ3) is 7.71. The van der Waals surface area contributed by atoms with Gasteiger partial charge >= 0.3 is 23.9 Å². The standard InChI is InChI=1S/C16H24O2.C14H20O3.C8H10O4/c1-4-16(18-15(17)10(2)3)13-6-11-5-12(8-13)9-14(16)7-11;1-9(2)12(15)17-14-6-10-3-11(7-14)5-13(16,4-10)8-14;1-5(2)8(10)12-6-3-7(9)11-4-6/h11-14H,2,4-9H2,1,3H3;10-11,16H,1,3-8H2,2H3;6H,1,3-4H2,2H3. The Kier molecular flexibility index (Phi) is 10.2. The topological polar surface area (TPSA) is 125 Å². The third-order valence-electron chi connectivity index (χ3n) is 11.8. The van der Waals surface area contributed by atoms with E-state index in [1.807, 2.05) is 0 Å². The van der Waals surface area contributed by atoms with Crippen molar-refractivity contribution in [1.82, 2.24) is 0 Å². The number of aliphatic hydroxyl groups is 1. The molecule has 9 heteroatoms. The predicted molar refractivity (Wildman–Crippen MR) is 175 cm³/mol. The van der Waals surface area contributed by atoms with Gasteiger partial charge in [0.25, 0.3) is 0 Å². The van der Waals surface area contributed by atoms with Gasteiger partial charge in [0.05, 0.1) is 12.0 Å². The molecule has 8 saturated carbocycles. The Bertz CT molecular complexity index is 1270. The zero-order valence-corrected chi connectivity index (χ0v) is 28.8. The van der Waals surface area contributed by atoms with E-state index in [0.717, 1.165) is 43.9 Å². The fraction of sp³-hybridized carbons (Fsp3) is 0.737.